The minimum absolute atomic E-state index is 0.0766. The van der Waals surface area contributed by atoms with E-state index in [0.29, 0.717) is 6.42 Å². The van der Waals surface area contributed by atoms with Crippen LogP contribution < -0.4 is 0 Å². The first-order chi connectivity index (χ1) is 6.29. The Morgan fingerprint density at radius 2 is 2.08 bits per heavy atom. The highest BCUT2D eigenvalue weighted by molar-refractivity contribution is 5.98. The van der Waals surface area contributed by atoms with Crippen molar-refractivity contribution in [2.45, 2.75) is 45.4 Å². The monoisotopic (exact) mass is 182 g/mol. The van der Waals surface area contributed by atoms with Gasteiger partial charge < -0.3 is 5.11 Å². The van der Waals surface area contributed by atoms with Gasteiger partial charge in [0.2, 0.25) is 0 Å². The Balaban J connectivity index is 2.48. The van der Waals surface area contributed by atoms with Crippen LogP contribution >= 0.6 is 0 Å². The molecule has 0 spiro atoms. The Morgan fingerprint density at radius 3 is 2.69 bits per heavy atom. The molecule has 1 rings (SSSR count). The van der Waals surface area contributed by atoms with Crippen molar-refractivity contribution in [2.75, 3.05) is 6.61 Å². The highest BCUT2D eigenvalue weighted by Crippen LogP contribution is 2.26. The van der Waals surface area contributed by atoms with Gasteiger partial charge in [0.25, 0.3) is 0 Å². The largest absolute Gasteiger partial charge is 0.392 e. The van der Waals surface area contributed by atoms with Gasteiger partial charge in [-0.1, -0.05) is 19.8 Å². The van der Waals surface area contributed by atoms with Crippen molar-refractivity contribution in [1.29, 1.82) is 0 Å². The molecule has 13 heavy (non-hydrogen) atoms. The van der Waals surface area contributed by atoms with Crippen molar-refractivity contribution in [3.63, 3.8) is 0 Å². The molecule has 0 aromatic carbocycles. The van der Waals surface area contributed by atoms with Crippen molar-refractivity contribution in [2.24, 2.45) is 0 Å². The van der Waals surface area contributed by atoms with Crippen LogP contribution in [0.5, 0.6) is 0 Å². The first-order valence-electron chi connectivity index (χ1n) is 5.14. The third kappa shape index (κ3) is 2.66. The summed E-state index contributed by atoms with van der Waals surface area (Å²) in [4.78, 5) is 11.4. The molecule has 0 radical (unpaired) electrons. The van der Waals surface area contributed by atoms with Crippen LogP contribution in [0.3, 0.4) is 0 Å². The highest BCUT2D eigenvalue weighted by Gasteiger charge is 2.21. The van der Waals surface area contributed by atoms with Gasteiger partial charge in [0.1, 0.15) is 0 Å². The molecule has 0 fully saturated rings. The Kier molecular flexibility index (Phi) is 4.16. The lowest BCUT2D eigenvalue weighted by atomic mass is 10.0. The van der Waals surface area contributed by atoms with Crippen molar-refractivity contribution in [1.82, 2.24) is 0 Å². The number of unbranched alkanes of at least 4 members (excludes halogenated alkanes) is 2. The molecule has 0 aromatic heterocycles. The lowest BCUT2D eigenvalue weighted by molar-refractivity contribution is -0.115. The van der Waals surface area contributed by atoms with Gasteiger partial charge in [-0.2, -0.15) is 0 Å². The van der Waals surface area contributed by atoms with E-state index < -0.39 is 0 Å². The molecular formula is C11H18O2. The minimum atomic E-state index is 0.0766. The van der Waals surface area contributed by atoms with Gasteiger partial charge in [0.15, 0.2) is 5.78 Å². The standard InChI is InChI=1S/C11H18O2/c1-2-3-4-5-10-9(8-12)6-7-11(10)13/h12H,2-8H2,1H3. The zero-order valence-electron chi connectivity index (χ0n) is 8.31. The van der Waals surface area contributed by atoms with Gasteiger partial charge >= 0.3 is 0 Å². The van der Waals surface area contributed by atoms with Crippen molar-refractivity contribution in [3.8, 4) is 0 Å². The number of rotatable bonds is 5. The van der Waals surface area contributed by atoms with Crippen molar-refractivity contribution < 1.29 is 9.90 Å². The van der Waals surface area contributed by atoms with E-state index in [1.165, 1.54) is 12.8 Å². The van der Waals surface area contributed by atoms with Gasteiger partial charge in [-0.15, -0.1) is 0 Å². The van der Waals surface area contributed by atoms with Crippen molar-refractivity contribution >= 4 is 5.78 Å². The molecule has 0 amide bonds. The first-order valence-corrected chi connectivity index (χ1v) is 5.14. The lowest BCUT2D eigenvalue weighted by Gasteiger charge is -2.02. The van der Waals surface area contributed by atoms with E-state index in [0.717, 1.165) is 30.4 Å². The summed E-state index contributed by atoms with van der Waals surface area (Å²) in [6.07, 6.45) is 5.73. The van der Waals surface area contributed by atoms with E-state index >= 15 is 0 Å². The van der Waals surface area contributed by atoms with Crippen LogP contribution in [0.25, 0.3) is 0 Å². The maximum atomic E-state index is 11.4. The number of hydrogen-bond acceptors (Lipinski definition) is 2. The van der Waals surface area contributed by atoms with Crippen LogP contribution in [0.2, 0.25) is 0 Å². The molecule has 1 aliphatic rings. The van der Waals surface area contributed by atoms with Crippen LogP contribution in [0, 0.1) is 0 Å². The molecule has 0 bridgehead atoms. The van der Waals surface area contributed by atoms with Gasteiger partial charge in [-0.05, 0) is 30.4 Å². The van der Waals surface area contributed by atoms with Gasteiger partial charge in [-0.3, -0.25) is 4.79 Å². The van der Waals surface area contributed by atoms with E-state index in [1.807, 2.05) is 0 Å². The predicted molar refractivity (Wildman–Crippen MR) is 52.5 cm³/mol. The Morgan fingerprint density at radius 1 is 1.31 bits per heavy atom. The molecule has 2 nitrogen and oxygen atoms in total. The molecule has 0 aromatic rings. The summed E-state index contributed by atoms with van der Waals surface area (Å²) in [7, 11) is 0. The molecule has 74 valence electrons. The second-order valence-electron chi connectivity index (χ2n) is 3.62. The summed E-state index contributed by atoms with van der Waals surface area (Å²) in [5.41, 5.74) is 1.91. The smallest absolute Gasteiger partial charge is 0.159 e. The summed E-state index contributed by atoms with van der Waals surface area (Å²) in [6.45, 7) is 2.23. The number of aliphatic hydroxyl groups excluding tert-OH is 1. The van der Waals surface area contributed by atoms with Crippen LogP contribution in [-0.2, 0) is 4.79 Å². The van der Waals surface area contributed by atoms with E-state index in [-0.39, 0.29) is 12.4 Å². The second-order valence-corrected chi connectivity index (χ2v) is 3.62. The van der Waals surface area contributed by atoms with Gasteiger partial charge in [-0.25, -0.2) is 0 Å². The second kappa shape index (κ2) is 5.18. The molecular weight excluding hydrogens is 164 g/mol. The Bertz CT molecular complexity index is 216. The van der Waals surface area contributed by atoms with E-state index in [1.54, 1.807) is 0 Å². The van der Waals surface area contributed by atoms with Crippen molar-refractivity contribution in [3.05, 3.63) is 11.1 Å². The zero-order chi connectivity index (χ0) is 9.68. The van der Waals surface area contributed by atoms with Gasteiger partial charge in [0.05, 0.1) is 6.61 Å². The average Bonchev–Trinajstić information content (AvgIpc) is 2.48. The average molecular weight is 182 g/mol. The number of Topliss-reactive ketones (excluding diaryl/α,β-unsaturated/α-hetero) is 1. The summed E-state index contributed by atoms with van der Waals surface area (Å²) >= 11 is 0. The normalized spacial score (nSPS) is 17.2. The maximum Gasteiger partial charge on any atom is 0.159 e. The molecule has 0 atom stereocenters. The highest BCUT2D eigenvalue weighted by atomic mass is 16.3. The number of allylic oxidation sites excluding steroid dienone is 1. The van der Waals surface area contributed by atoms with Crippen LogP contribution in [-0.4, -0.2) is 17.5 Å². The molecule has 0 aliphatic heterocycles. The Labute approximate surface area is 79.6 Å². The predicted octanol–water partition coefficient (Wildman–Crippen LogP) is 2.22. The third-order valence-electron chi connectivity index (χ3n) is 2.64. The number of ketones is 1. The van der Waals surface area contributed by atoms with Crippen LogP contribution in [0.1, 0.15) is 45.4 Å². The summed E-state index contributed by atoms with van der Waals surface area (Å²) in [6, 6.07) is 0. The Hall–Kier alpha value is -0.630. The molecule has 0 unspecified atom stereocenters. The molecule has 0 heterocycles. The fourth-order valence-electron chi connectivity index (χ4n) is 1.81. The lowest BCUT2D eigenvalue weighted by Crippen LogP contribution is -1.98. The summed E-state index contributed by atoms with van der Waals surface area (Å²) < 4.78 is 0. The quantitative estimate of drug-likeness (QED) is 0.662. The molecule has 2 heteroatoms. The fraction of sp³-hybridized carbons (Fsp3) is 0.727. The van der Waals surface area contributed by atoms with Crippen LogP contribution in [0.15, 0.2) is 11.1 Å². The number of hydrogen-bond donors (Lipinski definition) is 1. The minimum Gasteiger partial charge on any atom is -0.392 e. The number of carbonyl (C=O) groups is 1. The fourth-order valence-corrected chi connectivity index (χ4v) is 1.81. The first kappa shape index (κ1) is 10.5. The van der Waals surface area contributed by atoms with Gasteiger partial charge in [0, 0.05) is 6.42 Å². The van der Waals surface area contributed by atoms with E-state index in [4.69, 9.17) is 5.11 Å². The van der Waals surface area contributed by atoms with E-state index in [2.05, 4.69) is 6.92 Å². The molecule has 1 aliphatic carbocycles. The molecule has 1 N–H and O–H groups in total. The number of carbonyl (C=O) groups excluding carboxylic acids is 1. The molecule has 0 saturated heterocycles. The third-order valence-corrected chi connectivity index (χ3v) is 2.64. The summed E-state index contributed by atoms with van der Waals surface area (Å²) in [5.74, 6) is 0.264. The van der Waals surface area contributed by atoms with Crippen LogP contribution in [0.4, 0.5) is 0 Å². The maximum absolute atomic E-state index is 11.4. The zero-order valence-corrected chi connectivity index (χ0v) is 8.31. The SMILES string of the molecule is CCCCCC1=C(CO)CCC1=O. The number of aliphatic hydroxyl groups is 1. The summed E-state index contributed by atoms with van der Waals surface area (Å²) in [5, 5.41) is 9.00. The van der Waals surface area contributed by atoms with E-state index in [9.17, 15) is 4.79 Å². The topological polar surface area (TPSA) is 37.3 Å². The molecule has 0 saturated carbocycles.